The Morgan fingerprint density at radius 3 is 2.67 bits per heavy atom. The maximum absolute atomic E-state index is 14.5. The van der Waals surface area contributed by atoms with Crippen LogP contribution in [0.4, 0.5) is 8.78 Å². The Morgan fingerprint density at radius 2 is 1.95 bits per heavy atom. The summed E-state index contributed by atoms with van der Waals surface area (Å²) in [7, 11) is -0.393. The average Bonchev–Trinajstić information content (AvgIpc) is 3.48. The number of aromatic nitrogens is 3. The fourth-order valence-corrected chi connectivity index (χ4v) is 6.50. The summed E-state index contributed by atoms with van der Waals surface area (Å²) in [6.45, 7) is 1.86. The molecule has 39 heavy (non-hydrogen) atoms. The van der Waals surface area contributed by atoms with Crippen LogP contribution in [-0.2, 0) is 6.54 Å². The Bertz CT molecular complexity index is 1710. The van der Waals surface area contributed by atoms with Crippen LogP contribution >= 0.6 is 22.1 Å². The molecule has 0 radical (unpaired) electrons. The largest absolute Gasteiger partial charge is 0.478 e. The lowest BCUT2D eigenvalue weighted by Gasteiger charge is -2.15. The van der Waals surface area contributed by atoms with E-state index in [2.05, 4.69) is 20.7 Å². The van der Waals surface area contributed by atoms with Gasteiger partial charge in [-0.25, -0.2) is 23.1 Å². The highest BCUT2D eigenvalue weighted by atomic mass is 35.5. The lowest BCUT2D eigenvalue weighted by Crippen LogP contribution is -2.31. The number of hydrogen-bond acceptors (Lipinski definition) is 5. The van der Waals surface area contributed by atoms with Crippen LogP contribution in [0.2, 0.25) is 5.02 Å². The minimum absolute atomic E-state index is 0.0119. The van der Waals surface area contributed by atoms with Gasteiger partial charge >= 0.3 is 5.97 Å². The van der Waals surface area contributed by atoms with Gasteiger partial charge in [0.1, 0.15) is 17.2 Å². The zero-order valence-electron chi connectivity index (χ0n) is 20.2. The number of aromatic carboxylic acids is 1. The van der Waals surface area contributed by atoms with E-state index in [0.29, 0.717) is 11.3 Å². The van der Waals surface area contributed by atoms with Crippen molar-refractivity contribution in [2.24, 2.45) is 0 Å². The van der Waals surface area contributed by atoms with Gasteiger partial charge in [0.05, 0.1) is 22.8 Å². The smallest absolute Gasteiger partial charge is 0.335 e. The van der Waals surface area contributed by atoms with Crippen molar-refractivity contribution in [1.29, 1.82) is 0 Å². The molecule has 13 heteroatoms. The quantitative estimate of drug-likeness (QED) is 0.298. The number of benzene rings is 2. The number of amides is 2. The molecule has 200 valence electrons. The van der Waals surface area contributed by atoms with Gasteiger partial charge in [-0.3, -0.25) is 9.59 Å². The van der Waals surface area contributed by atoms with Gasteiger partial charge in [-0.05, 0) is 42.3 Å². The third-order valence-electron chi connectivity index (χ3n) is 6.19. The molecule has 2 aromatic carbocycles. The average molecular weight is 572 g/mol. The van der Waals surface area contributed by atoms with E-state index in [-0.39, 0.29) is 34.2 Å². The van der Waals surface area contributed by atoms with Crippen molar-refractivity contribution in [1.82, 2.24) is 25.2 Å². The maximum atomic E-state index is 14.5. The summed E-state index contributed by atoms with van der Waals surface area (Å²) in [5.41, 5.74) is 0.814. The molecule has 0 fully saturated rings. The standard InChI is InChI=1S/C26H20ClF2N5O4S/c1-2-39-12-20(15-5-4-14(26(37)38)8-22(15)39)33-25(36)21-9-19(32-23-18(29)11-31-34(21)23)24(35)30-10-13-3-6-17(28)16(27)7-13/h2-9,11,20H,10,12H2,1H3,(H,30,35)(H,33,36)(H,37,38). The summed E-state index contributed by atoms with van der Waals surface area (Å²) in [6.07, 6.45) is 0.892. The Balaban J connectivity index is 1.42. The first-order valence-corrected chi connectivity index (χ1v) is 13.4. The number of carbonyl (C=O) groups is 3. The van der Waals surface area contributed by atoms with Crippen LogP contribution in [0.5, 0.6) is 0 Å². The van der Waals surface area contributed by atoms with Crippen molar-refractivity contribution < 1.29 is 28.3 Å². The Morgan fingerprint density at radius 1 is 1.15 bits per heavy atom. The van der Waals surface area contributed by atoms with Gasteiger partial charge in [-0.15, -0.1) is 0 Å². The summed E-state index contributed by atoms with van der Waals surface area (Å²) in [4.78, 5) is 42.6. The molecule has 0 bridgehead atoms. The molecule has 1 aliphatic rings. The molecule has 0 saturated heterocycles. The zero-order chi connectivity index (χ0) is 27.8. The molecular weight excluding hydrogens is 552 g/mol. The lowest BCUT2D eigenvalue weighted by molar-refractivity contribution is 0.0695. The second-order valence-electron chi connectivity index (χ2n) is 8.60. The number of halogens is 3. The monoisotopic (exact) mass is 571 g/mol. The van der Waals surface area contributed by atoms with E-state index in [1.165, 1.54) is 30.3 Å². The number of carboxylic acids is 1. The number of carboxylic acid groups (broad SMARTS) is 1. The van der Waals surface area contributed by atoms with Gasteiger partial charge < -0.3 is 15.7 Å². The molecule has 5 rings (SSSR count). The molecule has 0 saturated carbocycles. The second-order valence-corrected chi connectivity index (χ2v) is 11.1. The number of nitrogens with one attached hydrogen (secondary N) is 2. The van der Waals surface area contributed by atoms with Crippen LogP contribution in [0.25, 0.3) is 5.65 Å². The van der Waals surface area contributed by atoms with Crippen molar-refractivity contribution in [2.45, 2.75) is 24.4 Å². The van der Waals surface area contributed by atoms with Crippen molar-refractivity contribution in [3.05, 3.63) is 93.4 Å². The van der Waals surface area contributed by atoms with Crippen LogP contribution in [0.1, 0.15) is 55.4 Å². The van der Waals surface area contributed by atoms with Crippen LogP contribution in [-0.4, -0.2) is 48.6 Å². The first kappa shape index (κ1) is 26.4. The molecule has 2 aromatic heterocycles. The van der Waals surface area contributed by atoms with E-state index in [0.717, 1.165) is 21.2 Å². The third-order valence-corrected chi connectivity index (χ3v) is 8.66. The highest BCUT2D eigenvalue weighted by Crippen LogP contribution is 2.43. The maximum Gasteiger partial charge on any atom is 0.335 e. The Labute approximate surface area is 227 Å². The molecule has 2 amide bonds. The highest BCUT2D eigenvalue weighted by Gasteiger charge is 2.29. The van der Waals surface area contributed by atoms with Gasteiger partial charge in [0.15, 0.2) is 11.5 Å². The van der Waals surface area contributed by atoms with E-state index in [1.807, 2.05) is 12.3 Å². The lowest BCUT2D eigenvalue weighted by atomic mass is 10.1. The number of rotatable bonds is 6. The number of hydrogen-bond donors (Lipinski definition) is 3. The van der Waals surface area contributed by atoms with E-state index < -0.39 is 45.9 Å². The molecule has 0 aliphatic carbocycles. The SMILES string of the molecule is C/C=S1\CC(NC(=O)c2cc(C(=O)NCc3ccc(F)c(Cl)c3)nc3c(F)cnn23)c2ccc(C(=O)O)cc21. The molecule has 4 aromatic rings. The van der Waals surface area contributed by atoms with E-state index in [9.17, 15) is 28.3 Å². The van der Waals surface area contributed by atoms with Crippen molar-refractivity contribution in [3.63, 3.8) is 0 Å². The van der Waals surface area contributed by atoms with Crippen LogP contribution in [0, 0.1) is 11.6 Å². The number of carbonyl (C=O) groups excluding carboxylic acids is 2. The summed E-state index contributed by atoms with van der Waals surface area (Å²) in [5, 5.41) is 20.6. The van der Waals surface area contributed by atoms with Crippen LogP contribution in [0.15, 0.2) is 53.6 Å². The van der Waals surface area contributed by atoms with E-state index in [1.54, 1.807) is 12.1 Å². The number of nitrogens with zero attached hydrogens (tertiary/aromatic N) is 3. The fraction of sp³-hybridized carbons (Fsp3) is 0.154. The molecule has 3 heterocycles. The first-order chi connectivity index (χ1) is 18.7. The van der Waals surface area contributed by atoms with E-state index in [4.69, 9.17) is 11.6 Å². The van der Waals surface area contributed by atoms with Crippen molar-refractivity contribution in [3.8, 4) is 0 Å². The summed E-state index contributed by atoms with van der Waals surface area (Å²) in [6, 6.07) is 9.51. The Hall–Kier alpha value is -4.16. The topological polar surface area (TPSA) is 126 Å². The molecule has 9 nitrogen and oxygen atoms in total. The number of fused-ring (bicyclic) bond motifs is 2. The summed E-state index contributed by atoms with van der Waals surface area (Å²) >= 11 is 5.79. The molecule has 0 spiro atoms. The fourth-order valence-electron chi connectivity index (χ4n) is 4.25. The highest BCUT2D eigenvalue weighted by molar-refractivity contribution is 8.15. The predicted octanol–water partition coefficient (Wildman–Crippen LogP) is 4.22. The van der Waals surface area contributed by atoms with Gasteiger partial charge in [0, 0.05) is 23.3 Å². The van der Waals surface area contributed by atoms with Gasteiger partial charge in [-0.1, -0.05) is 29.1 Å². The molecular formula is C26H20ClF2N5O4S. The summed E-state index contributed by atoms with van der Waals surface area (Å²) in [5.74, 6) is -3.25. The van der Waals surface area contributed by atoms with Crippen molar-refractivity contribution in [2.75, 3.05) is 5.75 Å². The normalized spacial score (nSPS) is 16.3. The molecule has 2 atom stereocenters. The van der Waals surface area contributed by atoms with Crippen LogP contribution in [0.3, 0.4) is 0 Å². The van der Waals surface area contributed by atoms with Crippen molar-refractivity contribution >= 4 is 50.9 Å². The van der Waals surface area contributed by atoms with Crippen LogP contribution < -0.4 is 10.6 Å². The van der Waals surface area contributed by atoms with Gasteiger partial charge in [0.25, 0.3) is 11.8 Å². The predicted molar refractivity (Wildman–Crippen MR) is 142 cm³/mol. The molecule has 1 aliphatic heterocycles. The zero-order valence-corrected chi connectivity index (χ0v) is 21.8. The van der Waals surface area contributed by atoms with E-state index >= 15 is 0 Å². The molecule has 2 unspecified atom stereocenters. The first-order valence-electron chi connectivity index (χ1n) is 11.6. The second kappa shape index (κ2) is 10.5. The third kappa shape index (κ3) is 5.12. The minimum atomic E-state index is -1.04. The van der Waals surface area contributed by atoms with Gasteiger partial charge in [-0.2, -0.15) is 15.6 Å². The van der Waals surface area contributed by atoms with Gasteiger partial charge in [0.2, 0.25) is 0 Å². The summed E-state index contributed by atoms with van der Waals surface area (Å²) < 4.78 is 28.9. The molecule has 3 N–H and O–H groups in total. The Kier molecular flexibility index (Phi) is 7.15. The minimum Gasteiger partial charge on any atom is -0.478 e.